The van der Waals surface area contributed by atoms with Crippen LogP contribution in [-0.4, -0.2) is 22.1 Å². The Morgan fingerprint density at radius 2 is 1.78 bits per heavy atom. The molecule has 1 aromatic heterocycles. The molecule has 0 saturated heterocycles. The Kier molecular flexibility index (Phi) is 4.11. The van der Waals surface area contributed by atoms with Gasteiger partial charge in [-0.2, -0.15) is 9.97 Å². The molecule has 1 aromatic rings. The van der Waals surface area contributed by atoms with Gasteiger partial charge in [0.15, 0.2) is 5.82 Å². The van der Waals surface area contributed by atoms with Crippen LogP contribution >= 0.6 is 0 Å². The number of aryl methyl sites for hydroxylation is 1. The highest BCUT2D eigenvalue weighted by atomic mass is 16.5. The minimum Gasteiger partial charge on any atom is -0.370 e. The molecule has 0 unspecified atom stereocenters. The summed E-state index contributed by atoms with van der Waals surface area (Å²) in [6.45, 7) is 2.02. The first-order chi connectivity index (χ1) is 8.70. The molecule has 2 rings (SSSR count). The molecule has 2 N–H and O–H groups in total. The molecule has 18 heavy (non-hydrogen) atoms. The van der Waals surface area contributed by atoms with Crippen LogP contribution in [0.2, 0.25) is 0 Å². The van der Waals surface area contributed by atoms with Gasteiger partial charge in [-0.25, -0.2) is 4.98 Å². The van der Waals surface area contributed by atoms with Crippen LogP contribution in [0.5, 0.6) is 0 Å². The molecule has 1 fully saturated rings. The molecule has 100 valence electrons. The number of aromatic nitrogens is 3. The van der Waals surface area contributed by atoms with Gasteiger partial charge in [-0.05, 0) is 12.8 Å². The van der Waals surface area contributed by atoms with Crippen molar-refractivity contribution >= 4 is 5.95 Å². The number of hydrogen-bond acceptors (Lipinski definition) is 5. The number of ether oxygens (including phenoxy) is 1. The average molecular weight is 250 g/mol. The Bertz CT molecular complexity index is 400. The summed E-state index contributed by atoms with van der Waals surface area (Å²) in [6, 6.07) is 0. The van der Waals surface area contributed by atoms with E-state index in [4.69, 9.17) is 10.5 Å². The highest BCUT2D eigenvalue weighted by Gasteiger charge is 2.36. The molecule has 0 spiro atoms. The van der Waals surface area contributed by atoms with Crippen LogP contribution < -0.4 is 5.73 Å². The summed E-state index contributed by atoms with van der Waals surface area (Å²) in [7, 11) is 1.75. The van der Waals surface area contributed by atoms with E-state index in [2.05, 4.69) is 15.0 Å². The van der Waals surface area contributed by atoms with E-state index in [1.165, 1.54) is 12.8 Å². The maximum atomic E-state index is 5.79. The number of nitrogens with two attached hydrogens (primary N) is 1. The second-order valence-electron chi connectivity index (χ2n) is 4.90. The lowest BCUT2D eigenvalue weighted by molar-refractivity contribution is -0.0353. The van der Waals surface area contributed by atoms with E-state index in [-0.39, 0.29) is 5.60 Å². The molecule has 5 heteroatoms. The van der Waals surface area contributed by atoms with E-state index < -0.39 is 0 Å². The van der Waals surface area contributed by atoms with Crippen LogP contribution in [0.15, 0.2) is 0 Å². The lowest BCUT2D eigenvalue weighted by Gasteiger charge is -2.29. The third kappa shape index (κ3) is 2.61. The first kappa shape index (κ1) is 13.2. The molecule has 1 saturated carbocycles. The number of methoxy groups -OCH3 is 1. The Morgan fingerprint density at radius 3 is 2.33 bits per heavy atom. The molecule has 1 heterocycles. The smallest absolute Gasteiger partial charge is 0.223 e. The van der Waals surface area contributed by atoms with E-state index >= 15 is 0 Å². The van der Waals surface area contributed by atoms with E-state index in [0.717, 1.165) is 43.8 Å². The van der Waals surface area contributed by atoms with Crippen molar-refractivity contribution < 1.29 is 4.74 Å². The largest absolute Gasteiger partial charge is 0.370 e. The van der Waals surface area contributed by atoms with Gasteiger partial charge in [0.05, 0.1) is 0 Å². The van der Waals surface area contributed by atoms with Crippen LogP contribution in [0.25, 0.3) is 0 Å². The summed E-state index contributed by atoms with van der Waals surface area (Å²) >= 11 is 0. The minimum atomic E-state index is -0.364. The van der Waals surface area contributed by atoms with Gasteiger partial charge in [0.1, 0.15) is 11.4 Å². The Morgan fingerprint density at radius 1 is 1.11 bits per heavy atom. The van der Waals surface area contributed by atoms with Crippen molar-refractivity contribution in [1.82, 2.24) is 15.0 Å². The Hall–Kier alpha value is -1.23. The standard InChI is InChI=1S/C13H22N4O/c1-3-10-15-11(17-12(14)16-10)13(18-2)8-6-4-5-7-9-13/h3-9H2,1-2H3,(H2,14,15,16,17). The van der Waals surface area contributed by atoms with Gasteiger partial charge in [-0.15, -0.1) is 0 Å². The summed E-state index contributed by atoms with van der Waals surface area (Å²) < 4.78 is 5.79. The number of anilines is 1. The quantitative estimate of drug-likeness (QED) is 0.832. The molecular formula is C13H22N4O. The lowest BCUT2D eigenvalue weighted by atomic mass is 9.93. The maximum Gasteiger partial charge on any atom is 0.223 e. The highest BCUT2D eigenvalue weighted by Crippen LogP contribution is 2.37. The molecule has 0 aliphatic heterocycles. The van der Waals surface area contributed by atoms with Crippen LogP contribution in [0.1, 0.15) is 57.1 Å². The van der Waals surface area contributed by atoms with Gasteiger partial charge in [-0.3, -0.25) is 0 Å². The fourth-order valence-electron chi connectivity index (χ4n) is 2.62. The van der Waals surface area contributed by atoms with Crippen LogP contribution in [-0.2, 0) is 16.8 Å². The summed E-state index contributed by atoms with van der Waals surface area (Å²) in [5.74, 6) is 1.77. The third-order valence-corrected chi connectivity index (χ3v) is 3.72. The molecule has 0 radical (unpaired) electrons. The summed E-state index contributed by atoms with van der Waals surface area (Å²) in [6.07, 6.45) is 7.52. The van der Waals surface area contributed by atoms with Crippen molar-refractivity contribution in [1.29, 1.82) is 0 Å². The average Bonchev–Trinajstić information content (AvgIpc) is 2.64. The van der Waals surface area contributed by atoms with Gasteiger partial charge >= 0.3 is 0 Å². The van der Waals surface area contributed by atoms with Gasteiger partial charge in [0.25, 0.3) is 0 Å². The van der Waals surface area contributed by atoms with Crippen molar-refractivity contribution in [3.05, 3.63) is 11.6 Å². The van der Waals surface area contributed by atoms with Crippen molar-refractivity contribution in [2.45, 2.75) is 57.5 Å². The maximum absolute atomic E-state index is 5.79. The van der Waals surface area contributed by atoms with Crippen LogP contribution in [0, 0.1) is 0 Å². The van der Waals surface area contributed by atoms with Gasteiger partial charge in [0, 0.05) is 13.5 Å². The van der Waals surface area contributed by atoms with E-state index in [0.29, 0.717) is 5.95 Å². The SMILES string of the molecule is CCc1nc(N)nc(C2(OC)CCCCCC2)n1. The molecule has 1 aliphatic carbocycles. The minimum absolute atomic E-state index is 0.303. The van der Waals surface area contributed by atoms with Gasteiger partial charge in [0.2, 0.25) is 5.95 Å². The first-order valence-electron chi connectivity index (χ1n) is 6.76. The zero-order valence-electron chi connectivity index (χ0n) is 11.3. The van der Waals surface area contributed by atoms with Gasteiger partial charge < -0.3 is 10.5 Å². The van der Waals surface area contributed by atoms with Crippen molar-refractivity contribution in [3.63, 3.8) is 0 Å². The van der Waals surface area contributed by atoms with Crippen molar-refractivity contribution in [2.24, 2.45) is 0 Å². The number of nitrogens with zero attached hydrogens (tertiary/aromatic N) is 3. The predicted octanol–water partition coefficient (Wildman–Crippen LogP) is 2.21. The summed E-state index contributed by atoms with van der Waals surface area (Å²) in [5, 5.41) is 0. The fourth-order valence-corrected chi connectivity index (χ4v) is 2.62. The van der Waals surface area contributed by atoms with Crippen molar-refractivity contribution in [3.8, 4) is 0 Å². The van der Waals surface area contributed by atoms with Crippen LogP contribution in [0.3, 0.4) is 0 Å². The van der Waals surface area contributed by atoms with E-state index in [1.807, 2.05) is 6.92 Å². The topological polar surface area (TPSA) is 73.9 Å². The Balaban J connectivity index is 2.38. The van der Waals surface area contributed by atoms with Crippen LogP contribution in [0.4, 0.5) is 5.95 Å². The molecule has 0 aromatic carbocycles. The Labute approximate surface area is 108 Å². The second kappa shape index (κ2) is 5.61. The number of hydrogen-bond donors (Lipinski definition) is 1. The molecular weight excluding hydrogens is 228 g/mol. The van der Waals surface area contributed by atoms with Crippen molar-refractivity contribution in [2.75, 3.05) is 12.8 Å². The zero-order valence-corrected chi connectivity index (χ0v) is 11.3. The normalized spacial score (nSPS) is 19.4. The van der Waals surface area contributed by atoms with E-state index in [9.17, 15) is 0 Å². The molecule has 5 nitrogen and oxygen atoms in total. The summed E-state index contributed by atoms with van der Waals surface area (Å²) in [4.78, 5) is 13.0. The monoisotopic (exact) mass is 250 g/mol. The highest BCUT2D eigenvalue weighted by molar-refractivity contribution is 5.19. The van der Waals surface area contributed by atoms with E-state index in [1.54, 1.807) is 7.11 Å². The predicted molar refractivity (Wildman–Crippen MR) is 70.0 cm³/mol. The first-order valence-corrected chi connectivity index (χ1v) is 6.76. The molecule has 0 bridgehead atoms. The third-order valence-electron chi connectivity index (χ3n) is 3.72. The zero-order chi connectivity index (χ0) is 13.0. The molecule has 1 aliphatic rings. The van der Waals surface area contributed by atoms with Gasteiger partial charge in [-0.1, -0.05) is 32.6 Å². The number of rotatable bonds is 3. The lowest BCUT2D eigenvalue weighted by Crippen LogP contribution is -2.31. The molecule has 0 atom stereocenters. The second-order valence-corrected chi connectivity index (χ2v) is 4.90. The molecule has 0 amide bonds. The summed E-state index contributed by atoms with van der Waals surface area (Å²) in [5.41, 5.74) is 5.41. The number of nitrogen functional groups attached to an aromatic ring is 1. The fraction of sp³-hybridized carbons (Fsp3) is 0.769.